The van der Waals surface area contributed by atoms with Crippen molar-refractivity contribution in [1.82, 2.24) is 10.2 Å². The van der Waals surface area contributed by atoms with Gasteiger partial charge in [-0.15, -0.1) is 0 Å². The number of nitrogens with one attached hydrogen (secondary N) is 1. The molecule has 0 fully saturated rings. The molecular formula is C12H22N2O4. The summed E-state index contributed by atoms with van der Waals surface area (Å²) in [5, 5.41) is 11.4. The molecule has 0 heterocycles. The van der Waals surface area contributed by atoms with Crippen LogP contribution >= 0.6 is 0 Å². The third kappa shape index (κ3) is 6.88. The Labute approximate surface area is 107 Å². The first-order valence-electron chi connectivity index (χ1n) is 6.16. The lowest BCUT2D eigenvalue weighted by atomic mass is 10.2. The van der Waals surface area contributed by atoms with E-state index in [0.29, 0.717) is 6.54 Å². The van der Waals surface area contributed by atoms with Crippen molar-refractivity contribution in [2.24, 2.45) is 0 Å². The van der Waals surface area contributed by atoms with Gasteiger partial charge < -0.3 is 15.3 Å². The fourth-order valence-electron chi connectivity index (χ4n) is 1.42. The zero-order valence-electron chi connectivity index (χ0n) is 11.2. The average Bonchev–Trinajstić information content (AvgIpc) is 2.29. The highest BCUT2D eigenvalue weighted by Gasteiger charge is 2.20. The highest BCUT2D eigenvalue weighted by molar-refractivity contribution is 5.85. The number of amides is 2. The smallest absolute Gasteiger partial charge is 0.323 e. The zero-order valence-corrected chi connectivity index (χ0v) is 11.2. The monoisotopic (exact) mass is 258 g/mol. The number of nitrogens with zero attached hydrogens (tertiary/aromatic N) is 1. The van der Waals surface area contributed by atoms with E-state index >= 15 is 0 Å². The van der Waals surface area contributed by atoms with E-state index in [4.69, 9.17) is 5.11 Å². The van der Waals surface area contributed by atoms with Crippen LogP contribution in [0.3, 0.4) is 0 Å². The average molecular weight is 258 g/mol. The summed E-state index contributed by atoms with van der Waals surface area (Å²) in [5.41, 5.74) is 0. The molecule has 0 saturated carbocycles. The lowest BCUT2D eigenvalue weighted by molar-refractivity contribution is -0.146. The Morgan fingerprint density at radius 2 is 1.83 bits per heavy atom. The molecule has 104 valence electrons. The predicted octanol–water partition coefficient (Wildman–Crippen LogP) is 0.614. The molecule has 0 spiro atoms. The van der Waals surface area contributed by atoms with Gasteiger partial charge in [0.25, 0.3) is 0 Å². The molecule has 0 aliphatic rings. The minimum absolute atomic E-state index is 0.0427. The van der Waals surface area contributed by atoms with Gasteiger partial charge in [0, 0.05) is 25.4 Å². The molecule has 0 unspecified atom stereocenters. The van der Waals surface area contributed by atoms with Crippen LogP contribution in [-0.4, -0.2) is 46.9 Å². The van der Waals surface area contributed by atoms with Crippen molar-refractivity contribution in [3.8, 4) is 0 Å². The van der Waals surface area contributed by atoms with Crippen molar-refractivity contribution < 1.29 is 19.5 Å². The molecular weight excluding hydrogens is 236 g/mol. The summed E-state index contributed by atoms with van der Waals surface area (Å²) in [5.74, 6) is -1.53. The van der Waals surface area contributed by atoms with Gasteiger partial charge in [0.1, 0.15) is 6.54 Å². The lowest BCUT2D eigenvalue weighted by Crippen LogP contribution is -2.41. The van der Waals surface area contributed by atoms with E-state index in [9.17, 15) is 14.4 Å². The van der Waals surface area contributed by atoms with Gasteiger partial charge in [-0.3, -0.25) is 14.4 Å². The van der Waals surface area contributed by atoms with E-state index in [0.717, 1.165) is 6.42 Å². The summed E-state index contributed by atoms with van der Waals surface area (Å²) in [7, 11) is 0. The molecule has 2 amide bonds. The number of rotatable bonds is 8. The van der Waals surface area contributed by atoms with Gasteiger partial charge in [-0.25, -0.2) is 0 Å². The minimum Gasteiger partial charge on any atom is -0.480 e. The van der Waals surface area contributed by atoms with Crippen LogP contribution in [0.15, 0.2) is 0 Å². The summed E-state index contributed by atoms with van der Waals surface area (Å²) >= 11 is 0. The van der Waals surface area contributed by atoms with Crippen molar-refractivity contribution in [2.45, 2.75) is 46.1 Å². The number of carboxylic acid groups (broad SMARTS) is 1. The van der Waals surface area contributed by atoms with Crippen LogP contribution in [0.5, 0.6) is 0 Å². The Morgan fingerprint density at radius 3 is 2.28 bits per heavy atom. The van der Waals surface area contributed by atoms with Crippen LogP contribution in [0.2, 0.25) is 0 Å². The van der Waals surface area contributed by atoms with Crippen LogP contribution < -0.4 is 5.32 Å². The quantitative estimate of drug-likeness (QED) is 0.668. The van der Waals surface area contributed by atoms with Gasteiger partial charge in [-0.2, -0.15) is 0 Å². The van der Waals surface area contributed by atoms with Gasteiger partial charge in [0.05, 0.1) is 0 Å². The first kappa shape index (κ1) is 16.4. The van der Waals surface area contributed by atoms with Crippen LogP contribution in [0.4, 0.5) is 0 Å². The summed E-state index contributed by atoms with van der Waals surface area (Å²) in [6.45, 7) is 5.71. The molecule has 0 saturated heterocycles. The molecule has 0 aliphatic carbocycles. The SMILES string of the molecule is CCCNC(=O)CCC(=O)N(CC(=O)O)C(C)C. The second-order valence-corrected chi connectivity index (χ2v) is 4.36. The fraction of sp³-hybridized carbons (Fsp3) is 0.750. The lowest BCUT2D eigenvalue weighted by Gasteiger charge is -2.24. The number of aliphatic carboxylic acids is 1. The van der Waals surface area contributed by atoms with Crippen molar-refractivity contribution in [2.75, 3.05) is 13.1 Å². The molecule has 6 heteroatoms. The summed E-state index contributed by atoms with van der Waals surface area (Å²) in [4.78, 5) is 35.0. The maximum atomic E-state index is 11.8. The Morgan fingerprint density at radius 1 is 1.22 bits per heavy atom. The highest BCUT2D eigenvalue weighted by Crippen LogP contribution is 2.03. The molecule has 0 bridgehead atoms. The Balaban J connectivity index is 4.18. The van der Waals surface area contributed by atoms with E-state index in [1.54, 1.807) is 13.8 Å². The van der Waals surface area contributed by atoms with Crippen LogP contribution in [-0.2, 0) is 14.4 Å². The van der Waals surface area contributed by atoms with Crippen LogP contribution in [0.1, 0.15) is 40.0 Å². The summed E-state index contributed by atoms with van der Waals surface area (Å²) in [6.07, 6.45) is 0.986. The van der Waals surface area contributed by atoms with Gasteiger partial charge in [-0.1, -0.05) is 6.92 Å². The topological polar surface area (TPSA) is 86.7 Å². The van der Waals surface area contributed by atoms with Crippen molar-refractivity contribution in [1.29, 1.82) is 0 Å². The van der Waals surface area contributed by atoms with Crippen LogP contribution in [0.25, 0.3) is 0 Å². The van der Waals surface area contributed by atoms with E-state index in [2.05, 4.69) is 5.32 Å². The maximum absolute atomic E-state index is 11.8. The molecule has 0 aromatic rings. The van der Waals surface area contributed by atoms with E-state index in [1.807, 2.05) is 6.92 Å². The minimum atomic E-state index is -1.05. The number of carbonyl (C=O) groups excluding carboxylic acids is 2. The highest BCUT2D eigenvalue weighted by atomic mass is 16.4. The number of hydrogen-bond acceptors (Lipinski definition) is 3. The number of carbonyl (C=O) groups is 3. The van der Waals surface area contributed by atoms with Crippen molar-refractivity contribution in [3.63, 3.8) is 0 Å². The van der Waals surface area contributed by atoms with Crippen LogP contribution in [0, 0.1) is 0 Å². The largest absolute Gasteiger partial charge is 0.480 e. The Kier molecular flexibility index (Phi) is 7.74. The van der Waals surface area contributed by atoms with E-state index < -0.39 is 5.97 Å². The second kappa shape index (κ2) is 8.49. The molecule has 0 aromatic carbocycles. The molecule has 0 atom stereocenters. The molecule has 18 heavy (non-hydrogen) atoms. The molecule has 0 aliphatic heterocycles. The normalized spacial score (nSPS) is 10.2. The molecule has 0 rings (SSSR count). The number of hydrogen-bond donors (Lipinski definition) is 2. The first-order valence-corrected chi connectivity index (χ1v) is 6.16. The van der Waals surface area contributed by atoms with Gasteiger partial charge in [0.15, 0.2) is 0 Å². The zero-order chi connectivity index (χ0) is 14.1. The second-order valence-electron chi connectivity index (χ2n) is 4.36. The van der Waals surface area contributed by atoms with Crippen molar-refractivity contribution >= 4 is 17.8 Å². The van der Waals surface area contributed by atoms with Gasteiger partial charge in [-0.05, 0) is 20.3 Å². The predicted molar refractivity (Wildman–Crippen MR) is 67.0 cm³/mol. The molecule has 6 nitrogen and oxygen atoms in total. The summed E-state index contributed by atoms with van der Waals surface area (Å²) in [6, 6.07) is -0.188. The molecule has 2 N–H and O–H groups in total. The third-order valence-electron chi connectivity index (χ3n) is 2.39. The standard InChI is InChI=1S/C12H22N2O4/c1-4-7-13-10(15)5-6-11(16)14(9(2)3)8-12(17)18/h9H,4-8H2,1-3H3,(H,13,15)(H,17,18). The first-order chi connectivity index (χ1) is 8.38. The van der Waals surface area contributed by atoms with Gasteiger partial charge in [0.2, 0.25) is 11.8 Å². The maximum Gasteiger partial charge on any atom is 0.323 e. The van der Waals surface area contributed by atoms with Crippen molar-refractivity contribution in [3.05, 3.63) is 0 Å². The third-order valence-corrected chi connectivity index (χ3v) is 2.39. The van der Waals surface area contributed by atoms with E-state index in [1.165, 1.54) is 4.90 Å². The summed E-state index contributed by atoms with van der Waals surface area (Å²) < 4.78 is 0. The molecule has 0 radical (unpaired) electrons. The van der Waals surface area contributed by atoms with E-state index in [-0.39, 0.29) is 37.2 Å². The number of carboxylic acids is 1. The Hall–Kier alpha value is -1.59. The fourth-order valence-corrected chi connectivity index (χ4v) is 1.42. The molecule has 0 aromatic heterocycles. The Bertz CT molecular complexity index is 302. The van der Waals surface area contributed by atoms with Gasteiger partial charge >= 0.3 is 5.97 Å².